The Bertz CT molecular complexity index is 59.4. The molecule has 1 heterocycles. The van der Waals surface area contributed by atoms with E-state index in [1.165, 1.54) is 0 Å². The van der Waals surface area contributed by atoms with E-state index in [1.54, 1.807) is 0 Å². The molecule has 1 rings (SSSR count). The summed E-state index contributed by atoms with van der Waals surface area (Å²) in [6.07, 6.45) is 2.23. The van der Waals surface area contributed by atoms with Gasteiger partial charge in [0.05, 0.1) is 13.2 Å². The van der Waals surface area contributed by atoms with E-state index in [9.17, 15) is 0 Å². The van der Waals surface area contributed by atoms with Gasteiger partial charge in [-0.1, -0.05) is 0 Å². The first-order valence-electron chi connectivity index (χ1n) is 2.77. The van der Waals surface area contributed by atoms with Crippen molar-refractivity contribution in [3.8, 4) is 0 Å². The molecule has 1 aliphatic heterocycles. The van der Waals surface area contributed by atoms with E-state index in [1.807, 2.05) is 0 Å². The van der Waals surface area contributed by atoms with Crippen molar-refractivity contribution in [1.29, 1.82) is 0 Å². The fourth-order valence-corrected chi connectivity index (χ4v) is 0.978. The summed E-state index contributed by atoms with van der Waals surface area (Å²) in [5.41, 5.74) is 0. The Morgan fingerprint density at radius 3 is 2.12 bits per heavy atom. The number of hydrogen-bond acceptors (Lipinski definition) is 2. The molecule has 1 saturated heterocycles. The first-order valence-corrected chi connectivity index (χ1v) is 3.68. The van der Waals surface area contributed by atoms with Gasteiger partial charge in [0.1, 0.15) is 0 Å². The lowest BCUT2D eigenvalue weighted by atomic mass is 10.3. The van der Waals surface area contributed by atoms with Gasteiger partial charge >= 0.3 is 0 Å². The van der Waals surface area contributed by atoms with Crippen molar-refractivity contribution >= 4 is 15.9 Å². The van der Waals surface area contributed by atoms with Crippen LogP contribution >= 0.6 is 15.9 Å². The van der Waals surface area contributed by atoms with Crippen LogP contribution in [0.2, 0.25) is 0 Å². The summed E-state index contributed by atoms with van der Waals surface area (Å²) in [5, 5.41) is -0.162. The average molecular weight is 181 g/mol. The van der Waals surface area contributed by atoms with Crippen LogP contribution < -0.4 is 0 Å². The quantitative estimate of drug-likeness (QED) is 0.527. The standard InChI is InChI=1S/C5H9BrO2/c6-5-7-3-1-2-4-8-5/h5H,1-4H2. The summed E-state index contributed by atoms with van der Waals surface area (Å²) in [4.78, 5) is 0. The fourth-order valence-electron chi connectivity index (χ4n) is 0.604. The lowest BCUT2D eigenvalue weighted by molar-refractivity contribution is -0.0565. The average Bonchev–Trinajstić information content (AvgIpc) is 1.94. The van der Waals surface area contributed by atoms with Crippen LogP contribution in [-0.2, 0) is 9.47 Å². The number of ether oxygens (including phenoxy) is 2. The van der Waals surface area contributed by atoms with Gasteiger partial charge in [-0.2, -0.15) is 0 Å². The Hall–Kier alpha value is 0.400. The molecule has 2 nitrogen and oxygen atoms in total. The summed E-state index contributed by atoms with van der Waals surface area (Å²) in [5.74, 6) is 0. The molecule has 0 atom stereocenters. The van der Waals surface area contributed by atoms with Gasteiger partial charge in [-0.25, -0.2) is 0 Å². The van der Waals surface area contributed by atoms with E-state index in [0.717, 1.165) is 26.1 Å². The largest absolute Gasteiger partial charge is 0.343 e. The second-order valence-corrected chi connectivity index (χ2v) is 2.47. The number of rotatable bonds is 0. The zero-order chi connectivity index (χ0) is 5.82. The van der Waals surface area contributed by atoms with E-state index in [-0.39, 0.29) is 5.20 Å². The van der Waals surface area contributed by atoms with E-state index < -0.39 is 0 Å². The summed E-state index contributed by atoms with van der Waals surface area (Å²) < 4.78 is 10.2. The number of alkyl halides is 1. The maximum absolute atomic E-state index is 5.10. The monoisotopic (exact) mass is 180 g/mol. The van der Waals surface area contributed by atoms with E-state index in [0.29, 0.717) is 0 Å². The summed E-state index contributed by atoms with van der Waals surface area (Å²) in [6, 6.07) is 0. The van der Waals surface area contributed by atoms with Crippen LogP contribution in [0.15, 0.2) is 0 Å². The smallest absolute Gasteiger partial charge is 0.215 e. The van der Waals surface area contributed by atoms with E-state index in [2.05, 4.69) is 15.9 Å². The minimum Gasteiger partial charge on any atom is -0.343 e. The molecule has 8 heavy (non-hydrogen) atoms. The Kier molecular flexibility index (Phi) is 2.80. The highest BCUT2D eigenvalue weighted by molar-refractivity contribution is 9.09. The first-order chi connectivity index (χ1) is 3.89. The molecule has 1 fully saturated rings. The predicted molar refractivity (Wildman–Crippen MR) is 33.9 cm³/mol. The summed E-state index contributed by atoms with van der Waals surface area (Å²) in [7, 11) is 0. The highest BCUT2D eigenvalue weighted by Crippen LogP contribution is 2.09. The molecular weight excluding hydrogens is 172 g/mol. The topological polar surface area (TPSA) is 18.5 Å². The molecule has 0 aromatic carbocycles. The SMILES string of the molecule is BrC1OCCCCO1. The molecule has 0 unspecified atom stereocenters. The molecule has 0 amide bonds. The maximum Gasteiger partial charge on any atom is 0.215 e. The van der Waals surface area contributed by atoms with Crippen molar-refractivity contribution in [1.82, 2.24) is 0 Å². The van der Waals surface area contributed by atoms with Crippen LogP contribution in [0.25, 0.3) is 0 Å². The minimum atomic E-state index is -0.162. The van der Waals surface area contributed by atoms with Crippen LogP contribution in [0.5, 0.6) is 0 Å². The Morgan fingerprint density at radius 1 is 1.12 bits per heavy atom. The van der Waals surface area contributed by atoms with Crippen LogP contribution in [-0.4, -0.2) is 18.4 Å². The Balaban J connectivity index is 2.17. The molecule has 0 N–H and O–H groups in total. The highest BCUT2D eigenvalue weighted by Gasteiger charge is 2.06. The molecule has 1 aliphatic rings. The minimum absolute atomic E-state index is 0.162. The molecule has 0 aromatic rings. The third-order valence-electron chi connectivity index (χ3n) is 1.04. The normalized spacial score (nSPS) is 25.1. The zero-order valence-corrected chi connectivity index (χ0v) is 6.19. The fraction of sp³-hybridized carbons (Fsp3) is 1.00. The highest BCUT2D eigenvalue weighted by atomic mass is 79.9. The molecule has 0 saturated carbocycles. The Morgan fingerprint density at radius 2 is 1.62 bits per heavy atom. The molecule has 0 aliphatic carbocycles. The third kappa shape index (κ3) is 2.11. The second-order valence-electron chi connectivity index (χ2n) is 1.72. The molecule has 0 aromatic heterocycles. The van der Waals surface area contributed by atoms with Crippen molar-refractivity contribution in [2.45, 2.75) is 18.0 Å². The molecule has 48 valence electrons. The van der Waals surface area contributed by atoms with Crippen LogP contribution in [0.1, 0.15) is 12.8 Å². The van der Waals surface area contributed by atoms with Gasteiger partial charge in [0.25, 0.3) is 0 Å². The van der Waals surface area contributed by atoms with Gasteiger partial charge < -0.3 is 9.47 Å². The van der Waals surface area contributed by atoms with Gasteiger partial charge in [-0.3, -0.25) is 0 Å². The van der Waals surface area contributed by atoms with Gasteiger partial charge in [0.2, 0.25) is 5.20 Å². The first kappa shape index (κ1) is 6.52. The summed E-state index contributed by atoms with van der Waals surface area (Å²) in [6.45, 7) is 1.63. The van der Waals surface area contributed by atoms with Crippen LogP contribution in [0.3, 0.4) is 0 Å². The van der Waals surface area contributed by atoms with Crippen LogP contribution in [0, 0.1) is 0 Å². The predicted octanol–water partition coefficient (Wildman–Crippen LogP) is 1.49. The van der Waals surface area contributed by atoms with Gasteiger partial charge in [-0.05, 0) is 28.8 Å². The van der Waals surface area contributed by atoms with Gasteiger partial charge in [-0.15, -0.1) is 0 Å². The molecule has 0 spiro atoms. The van der Waals surface area contributed by atoms with Gasteiger partial charge in [0, 0.05) is 0 Å². The van der Waals surface area contributed by atoms with Crippen molar-refractivity contribution in [2.75, 3.05) is 13.2 Å². The zero-order valence-electron chi connectivity index (χ0n) is 4.60. The van der Waals surface area contributed by atoms with Crippen molar-refractivity contribution in [3.63, 3.8) is 0 Å². The maximum atomic E-state index is 5.10. The third-order valence-corrected chi connectivity index (χ3v) is 1.57. The number of halogens is 1. The molecule has 3 heteroatoms. The van der Waals surface area contributed by atoms with Crippen molar-refractivity contribution in [2.24, 2.45) is 0 Å². The van der Waals surface area contributed by atoms with E-state index >= 15 is 0 Å². The second kappa shape index (κ2) is 3.43. The van der Waals surface area contributed by atoms with Crippen LogP contribution in [0.4, 0.5) is 0 Å². The Labute approximate surface area is 57.3 Å². The lowest BCUT2D eigenvalue weighted by Crippen LogP contribution is -2.05. The number of hydrogen-bond donors (Lipinski definition) is 0. The van der Waals surface area contributed by atoms with Crippen molar-refractivity contribution in [3.05, 3.63) is 0 Å². The van der Waals surface area contributed by atoms with Crippen molar-refractivity contribution < 1.29 is 9.47 Å². The molecular formula is C5H9BrO2. The summed E-state index contributed by atoms with van der Waals surface area (Å²) >= 11 is 3.19. The molecule has 0 radical (unpaired) electrons. The van der Waals surface area contributed by atoms with Gasteiger partial charge in [0.15, 0.2) is 0 Å². The molecule has 0 bridgehead atoms. The lowest BCUT2D eigenvalue weighted by Gasteiger charge is -2.04. The van der Waals surface area contributed by atoms with E-state index in [4.69, 9.17) is 9.47 Å².